The van der Waals surface area contributed by atoms with Crippen LogP contribution < -0.4 is 10.9 Å². The Bertz CT molecular complexity index is 1100. The Morgan fingerprint density at radius 3 is 2.45 bits per heavy atom. The van der Waals surface area contributed by atoms with Crippen LogP contribution in [0.4, 0.5) is 0 Å². The minimum atomic E-state index is -0.262. The van der Waals surface area contributed by atoms with Crippen LogP contribution in [0.25, 0.3) is 16.6 Å². The second-order valence-electron chi connectivity index (χ2n) is 7.97. The number of aromatic nitrogens is 2. The number of nitrogens with zero attached hydrogens (tertiary/aromatic N) is 2. The highest BCUT2D eigenvalue weighted by Gasteiger charge is 2.19. The van der Waals surface area contributed by atoms with E-state index in [1.54, 1.807) is 10.6 Å². The summed E-state index contributed by atoms with van der Waals surface area (Å²) < 4.78 is 1.62. The topological polar surface area (TPSA) is 64.0 Å². The lowest BCUT2D eigenvalue weighted by molar-refractivity contribution is -0.120. The Balaban J connectivity index is 2.05. The summed E-state index contributed by atoms with van der Waals surface area (Å²) in [5, 5.41) is 4.11. The second-order valence-corrected chi connectivity index (χ2v) is 8.91. The molecule has 0 bridgehead atoms. The van der Waals surface area contributed by atoms with E-state index in [0.29, 0.717) is 16.1 Å². The maximum Gasteiger partial charge on any atom is 0.266 e. The summed E-state index contributed by atoms with van der Waals surface area (Å²) in [7, 11) is 0. The molecule has 0 unspecified atom stereocenters. The van der Waals surface area contributed by atoms with Gasteiger partial charge in [0.1, 0.15) is 0 Å². The highest BCUT2D eigenvalue weighted by atomic mass is 32.2. The first kappa shape index (κ1) is 21.1. The number of carbonyl (C=O) groups excluding carboxylic acids is 1. The molecule has 3 rings (SSSR count). The number of fused-ring (bicyclic) bond motifs is 1. The lowest BCUT2D eigenvalue weighted by Gasteiger charge is -2.24. The fourth-order valence-electron chi connectivity index (χ4n) is 3.15. The van der Waals surface area contributed by atoms with Crippen molar-refractivity contribution in [1.29, 1.82) is 0 Å². The van der Waals surface area contributed by atoms with Crippen molar-refractivity contribution >= 4 is 28.6 Å². The Labute approximate surface area is 175 Å². The van der Waals surface area contributed by atoms with Gasteiger partial charge in [-0.15, -0.1) is 0 Å². The third-order valence-corrected chi connectivity index (χ3v) is 5.84. The number of rotatable bonds is 6. The first-order valence-corrected chi connectivity index (χ1v) is 10.7. The fourth-order valence-corrected chi connectivity index (χ4v) is 3.96. The Hall–Kier alpha value is -2.60. The van der Waals surface area contributed by atoms with Gasteiger partial charge < -0.3 is 5.32 Å². The molecule has 0 atom stereocenters. The van der Waals surface area contributed by atoms with Gasteiger partial charge in [-0.1, -0.05) is 36.9 Å². The minimum Gasteiger partial charge on any atom is -0.351 e. The highest BCUT2D eigenvalue weighted by molar-refractivity contribution is 7.99. The summed E-state index contributed by atoms with van der Waals surface area (Å²) in [4.78, 5) is 30.5. The molecule has 0 saturated heterocycles. The number of para-hydroxylation sites is 1. The Morgan fingerprint density at radius 2 is 1.79 bits per heavy atom. The zero-order valence-corrected chi connectivity index (χ0v) is 18.4. The van der Waals surface area contributed by atoms with E-state index in [1.807, 2.05) is 65.0 Å². The SMILES string of the molecule is CCC(C)(C)NC(=O)CSc1nc2ccccc2c(=O)n1-c1cc(C)cc(C)c1. The molecular formula is C23H27N3O2S. The number of carbonyl (C=O) groups is 1. The molecular weight excluding hydrogens is 382 g/mol. The van der Waals surface area contributed by atoms with Gasteiger partial charge in [-0.05, 0) is 69.5 Å². The van der Waals surface area contributed by atoms with Crippen LogP contribution in [0.5, 0.6) is 0 Å². The molecule has 2 aromatic carbocycles. The van der Waals surface area contributed by atoms with Gasteiger partial charge >= 0.3 is 0 Å². The predicted octanol–water partition coefficient (Wildman–Crippen LogP) is 4.40. The van der Waals surface area contributed by atoms with Crippen molar-refractivity contribution < 1.29 is 4.79 Å². The van der Waals surface area contributed by atoms with E-state index in [1.165, 1.54) is 11.8 Å². The zero-order chi connectivity index (χ0) is 21.2. The summed E-state index contributed by atoms with van der Waals surface area (Å²) in [6.07, 6.45) is 0.838. The molecule has 3 aromatic rings. The van der Waals surface area contributed by atoms with E-state index in [0.717, 1.165) is 23.2 Å². The van der Waals surface area contributed by atoms with Crippen molar-refractivity contribution in [1.82, 2.24) is 14.9 Å². The van der Waals surface area contributed by atoms with Gasteiger partial charge in [0.25, 0.3) is 5.56 Å². The monoisotopic (exact) mass is 409 g/mol. The van der Waals surface area contributed by atoms with E-state index in [-0.39, 0.29) is 22.8 Å². The van der Waals surface area contributed by atoms with Crippen molar-refractivity contribution in [3.05, 3.63) is 63.9 Å². The highest BCUT2D eigenvalue weighted by Crippen LogP contribution is 2.23. The maximum absolute atomic E-state index is 13.3. The van der Waals surface area contributed by atoms with Crippen LogP contribution in [-0.2, 0) is 4.79 Å². The van der Waals surface area contributed by atoms with Crippen LogP contribution in [0.15, 0.2) is 52.4 Å². The maximum atomic E-state index is 13.3. The summed E-state index contributed by atoms with van der Waals surface area (Å²) in [6, 6.07) is 13.3. The van der Waals surface area contributed by atoms with Crippen LogP contribution in [0.2, 0.25) is 0 Å². The molecule has 0 fully saturated rings. The Morgan fingerprint density at radius 1 is 1.14 bits per heavy atom. The predicted molar refractivity (Wildman–Crippen MR) is 120 cm³/mol. The molecule has 0 spiro atoms. The number of aryl methyl sites for hydroxylation is 2. The summed E-state index contributed by atoms with van der Waals surface area (Å²) in [6.45, 7) is 10.0. The number of amides is 1. The van der Waals surface area contributed by atoms with E-state index < -0.39 is 0 Å². The smallest absolute Gasteiger partial charge is 0.266 e. The molecule has 6 heteroatoms. The van der Waals surface area contributed by atoms with Crippen LogP contribution in [0.3, 0.4) is 0 Å². The van der Waals surface area contributed by atoms with E-state index in [4.69, 9.17) is 4.98 Å². The summed E-state index contributed by atoms with van der Waals surface area (Å²) in [5.74, 6) is 0.121. The number of thioether (sulfide) groups is 1. The van der Waals surface area contributed by atoms with E-state index in [9.17, 15) is 9.59 Å². The molecule has 152 valence electrons. The number of hydrogen-bond acceptors (Lipinski definition) is 4. The van der Waals surface area contributed by atoms with Crippen LogP contribution in [0, 0.1) is 13.8 Å². The van der Waals surface area contributed by atoms with Gasteiger partial charge in [-0.2, -0.15) is 0 Å². The van der Waals surface area contributed by atoms with Crippen molar-refractivity contribution in [2.75, 3.05) is 5.75 Å². The first-order chi connectivity index (χ1) is 13.7. The first-order valence-electron chi connectivity index (χ1n) is 9.74. The number of nitrogens with one attached hydrogen (secondary N) is 1. The summed E-state index contributed by atoms with van der Waals surface area (Å²) >= 11 is 1.28. The lowest BCUT2D eigenvalue weighted by atomic mass is 10.0. The molecule has 0 aliphatic carbocycles. The molecule has 0 aliphatic heterocycles. The number of hydrogen-bond donors (Lipinski definition) is 1. The quantitative estimate of drug-likeness (QED) is 0.484. The van der Waals surface area contributed by atoms with E-state index in [2.05, 4.69) is 11.4 Å². The Kier molecular flexibility index (Phi) is 6.13. The van der Waals surface area contributed by atoms with Gasteiger partial charge in [-0.3, -0.25) is 14.2 Å². The average Bonchev–Trinajstić information content (AvgIpc) is 2.65. The second kappa shape index (κ2) is 8.41. The van der Waals surface area contributed by atoms with Crippen LogP contribution in [-0.4, -0.2) is 26.8 Å². The lowest BCUT2D eigenvalue weighted by Crippen LogP contribution is -2.43. The van der Waals surface area contributed by atoms with Gasteiger partial charge in [0.2, 0.25) is 5.91 Å². The molecule has 29 heavy (non-hydrogen) atoms. The molecule has 1 amide bonds. The van der Waals surface area contributed by atoms with Crippen LogP contribution >= 0.6 is 11.8 Å². The van der Waals surface area contributed by atoms with Gasteiger partial charge in [0, 0.05) is 5.54 Å². The third-order valence-electron chi connectivity index (χ3n) is 4.90. The standard InChI is InChI=1S/C23H27N3O2S/c1-6-23(4,5)25-20(27)14-29-22-24-19-10-8-7-9-18(19)21(28)26(22)17-12-15(2)11-16(3)13-17/h7-13H,6,14H2,1-5H3,(H,25,27). The van der Waals surface area contributed by atoms with Gasteiger partial charge in [0.15, 0.2) is 5.16 Å². The minimum absolute atomic E-state index is 0.0729. The molecule has 5 nitrogen and oxygen atoms in total. The van der Waals surface area contributed by atoms with Crippen LogP contribution in [0.1, 0.15) is 38.3 Å². The zero-order valence-electron chi connectivity index (χ0n) is 17.6. The third kappa shape index (κ3) is 4.88. The van der Waals surface area contributed by atoms with Crippen molar-refractivity contribution in [3.8, 4) is 5.69 Å². The molecule has 0 aliphatic rings. The average molecular weight is 410 g/mol. The normalized spacial score (nSPS) is 11.6. The molecule has 0 saturated carbocycles. The summed E-state index contributed by atoms with van der Waals surface area (Å²) in [5.41, 5.74) is 3.15. The van der Waals surface area contributed by atoms with Gasteiger partial charge in [-0.25, -0.2) is 4.98 Å². The number of benzene rings is 2. The van der Waals surface area contributed by atoms with Crippen molar-refractivity contribution in [3.63, 3.8) is 0 Å². The molecule has 1 aromatic heterocycles. The van der Waals surface area contributed by atoms with Crippen molar-refractivity contribution in [2.45, 2.75) is 51.7 Å². The van der Waals surface area contributed by atoms with Gasteiger partial charge in [0.05, 0.1) is 22.3 Å². The molecule has 0 radical (unpaired) electrons. The largest absolute Gasteiger partial charge is 0.351 e. The fraction of sp³-hybridized carbons (Fsp3) is 0.348. The van der Waals surface area contributed by atoms with Crippen molar-refractivity contribution in [2.24, 2.45) is 0 Å². The molecule has 1 heterocycles. The molecule has 1 N–H and O–H groups in total. The van der Waals surface area contributed by atoms with E-state index >= 15 is 0 Å².